The van der Waals surface area contributed by atoms with Crippen LogP contribution in [0.3, 0.4) is 0 Å². The molecule has 1 aromatic heterocycles. The van der Waals surface area contributed by atoms with Crippen molar-refractivity contribution in [2.45, 2.75) is 51.9 Å². The molecule has 4 heteroatoms. The van der Waals surface area contributed by atoms with Gasteiger partial charge in [0, 0.05) is 0 Å². The third-order valence-corrected chi connectivity index (χ3v) is 3.77. The van der Waals surface area contributed by atoms with Crippen molar-refractivity contribution in [3.63, 3.8) is 0 Å². The maximum Gasteiger partial charge on any atom is 0.350 e. The number of nitrogens with two attached hydrogens (primary N) is 1. The Hall–Kier alpha value is -1.03. The number of rotatable bonds is 9. The fraction of sp³-hybridized carbons (Fsp3) is 0.643. The maximum atomic E-state index is 11.6. The van der Waals surface area contributed by atoms with Gasteiger partial charge in [-0.15, -0.1) is 11.3 Å². The first-order valence-electron chi connectivity index (χ1n) is 6.75. The highest BCUT2D eigenvalue weighted by Gasteiger charge is 2.11. The standard InChI is InChI=1S/C14H23NO2S/c1-2-3-4-5-6-7-8-10-17-14(16)13-12(15)9-11-18-13/h9,11H,2-8,10,15H2,1H3. The Morgan fingerprint density at radius 1 is 1.22 bits per heavy atom. The summed E-state index contributed by atoms with van der Waals surface area (Å²) in [5.74, 6) is -0.284. The van der Waals surface area contributed by atoms with Gasteiger partial charge in [0.15, 0.2) is 0 Å². The van der Waals surface area contributed by atoms with E-state index in [1.165, 1.54) is 43.4 Å². The van der Waals surface area contributed by atoms with Gasteiger partial charge in [0.05, 0.1) is 12.3 Å². The molecule has 0 amide bonds. The number of esters is 1. The third kappa shape index (κ3) is 5.54. The summed E-state index contributed by atoms with van der Waals surface area (Å²) in [7, 11) is 0. The second-order valence-corrected chi connectivity index (χ2v) is 5.38. The zero-order valence-corrected chi connectivity index (χ0v) is 11.9. The molecule has 3 nitrogen and oxygen atoms in total. The lowest BCUT2D eigenvalue weighted by Crippen LogP contribution is -2.06. The van der Waals surface area contributed by atoms with E-state index in [-0.39, 0.29) is 5.97 Å². The predicted molar refractivity (Wildman–Crippen MR) is 77.0 cm³/mol. The molecular weight excluding hydrogens is 246 g/mol. The molecule has 0 unspecified atom stereocenters. The lowest BCUT2D eigenvalue weighted by Gasteiger charge is -2.04. The van der Waals surface area contributed by atoms with Crippen LogP contribution in [0.2, 0.25) is 0 Å². The summed E-state index contributed by atoms with van der Waals surface area (Å²) < 4.78 is 5.19. The van der Waals surface area contributed by atoms with Crippen molar-refractivity contribution in [2.75, 3.05) is 12.3 Å². The van der Waals surface area contributed by atoms with Gasteiger partial charge in [-0.05, 0) is 17.9 Å². The van der Waals surface area contributed by atoms with Crippen molar-refractivity contribution in [1.29, 1.82) is 0 Å². The molecule has 0 fully saturated rings. The van der Waals surface area contributed by atoms with Gasteiger partial charge in [0.25, 0.3) is 0 Å². The number of thiophene rings is 1. The van der Waals surface area contributed by atoms with E-state index in [2.05, 4.69) is 6.92 Å². The van der Waals surface area contributed by atoms with Crippen molar-refractivity contribution in [2.24, 2.45) is 0 Å². The largest absolute Gasteiger partial charge is 0.461 e. The minimum absolute atomic E-state index is 0.284. The normalized spacial score (nSPS) is 10.5. The molecule has 0 aromatic carbocycles. The summed E-state index contributed by atoms with van der Waals surface area (Å²) in [6.45, 7) is 2.72. The zero-order chi connectivity index (χ0) is 13.2. The van der Waals surface area contributed by atoms with E-state index >= 15 is 0 Å². The molecule has 0 aliphatic heterocycles. The van der Waals surface area contributed by atoms with E-state index in [0.29, 0.717) is 17.2 Å². The highest BCUT2D eigenvalue weighted by Crippen LogP contribution is 2.19. The van der Waals surface area contributed by atoms with Crippen LogP contribution in [-0.2, 0) is 4.74 Å². The van der Waals surface area contributed by atoms with E-state index in [1.54, 1.807) is 11.4 Å². The van der Waals surface area contributed by atoms with Crippen LogP contribution in [0.15, 0.2) is 11.4 Å². The molecule has 0 radical (unpaired) electrons. The van der Waals surface area contributed by atoms with Crippen molar-refractivity contribution in [1.82, 2.24) is 0 Å². The minimum Gasteiger partial charge on any atom is -0.461 e. The fourth-order valence-electron chi connectivity index (χ4n) is 1.77. The van der Waals surface area contributed by atoms with Gasteiger partial charge >= 0.3 is 5.97 Å². The van der Waals surface area contributed by atoms with Crippen LogP contribution in [0, 0.1) is 0 Å². The maximum absolute atomic E-state index is 11.6. The average molecular weight is 269 g/mol. The van der Waals surface area contributed by atoms with E-state index in [4.69, 9.17) is 10.5 Å². The number of nitrogen functional groups attached to an aromatic ring is 1. The lowest BCUT2D eigenvalue weighted by atomic mass is 10.1. The van der Waals surface area contributed by atoms with Crippen LogP contribution >= 0.6 is 11.3 Å². The third-order valence-electron chi connectivity index (χ3n) is 2.86. The molecule has 0 aliphatic carbocycles. The van der Waals surface area contributed by atoms with Crippen LogP contribution < -0.4 is 5.73 Å². The van der Waals surface area contributed by atoms with E-state index in [1.807, 2.05) is 0 Å². The number of carbonyl (C=O) groups is 1. The van der Waals surface area contributed by atoms with Gasteiger partial charge < -0.3 is 10.5 Å². The Morgan fingerprint density at radius 2 is 1.89 bits per heavy atom. The molecule has 1 aromatic rings. The molecule has 0 saturated carbocycles. The Morgan fingerprint density at radius 3 is 2.50 bits per heavy atom. The molecule has 1 rings (SSSR count). The minimum atomic E-state index is -0.284. The monoisotopic (exact) mass is 269 g/mol. The second kappa shape index (κ2) is 8.97. The van der Waals surface area contributed by atoms with E-state index in [9.17, 15) is 4.79 Å². The van der Waals surface area contributed by atoms with Crippen LogP contribution in [0.5, 0.6) is 0 Å². The quantitative estimate of drug-likeness (QED) is 0.539. The number of unbranched alkanes of at least 4 members (excludes halogenated alkanes) is 6. The van der Waals surface area contributed by atoms with Gasteiger partial charge in [-0.1, -0.05) is 45.4 Å². The van der Waals surface area contributed by atoms with Gasteiger partial charge in [-0.3, -0.25) is 0 Å². The number of hydrogen-bond donors (Lipinski definition) is 1. The number of hydrogen-bond acceptors (Lipinski definition) is 4. The van der Waals surface area contributed by atoms with Crippen molar-refractivity contribution in [3.05, 3.63) is 16.3 Å². The zero-order valence-electron chi connectivity index (χ0n) is 11.1. The smallest absolute Gasteiger partial charge is 0.350 e. The molecule has 102 valence electrons. The molecule has 1 heterocycles. The van der Waals surface area contributed by atoms with Gasteiger partial charge in [0.2, 0.25) is 0 Å². The van der Waals surface area contributed by atoms with Gasteiger partial charge in [0.1, 0.15) is 4.88 Å². The first kappa shape index (κ1) is 15.0. The highest BCUT2D eigenvalue weighted by atomic mass is 32.1. The fourth-order valence-corrected chi connectivity index (χ4v) is 2.48. The molecule has 0 aliphatic rings. The van der Waals surface area contributed by atoms with Crippen molar-refractivity contribution < 1.29 is 9.53 Å². The number of ether oxygens (including phenoxy) is 1. The summed E-state index contributed by atoms with van der Waals surface area (Å²) in [6, 6.07) is 1.73. The first-order chi connectivity index (χ1) is 8.75. The lowest BCUT2D eigenvalue weighted by molar-refractivity contribution is 0.0504. The van der Waals surface area contributed by atoms with E-state index in [0.717, 1.165) is 12.8 Å². The summed E-state index contributed by atoms with van der Waals surface area (Å²) in [5.41, 5.74) is 6.17. The second-order valence-electron chi connectivity index (χ2n) is 4.46. The Kier molecular flexibility index (Phi) is 7.49. The molecule has 0 bridgehead atoms. The molecule has 2 N–H and O–H groups in total. The average Bonchev–Trinajstić information content (AvgIpc) is 2.79. The Labute approximate surface area is 113 Å². The van der Waals surface area contributed by atoms with Crippen molar-refractivity contribution in [3.8, 4) is 0 Å². The summed E-state index contributed by atoms with van der Waals surface area (Å²) in [4.78, 5) is 12.1. The van der Waals surface area contributed by atoms with Gasteiger partial charge in [-0.25, -0.2) is 4.79 Å². The SMILES string of the molecule is CCCCCCCCCOC(=O)c1sccc1N. The molecule has 0 atom stereocenters. The van der Waals surface area contributed by atoms with Gasteiger partial charge in [-0.2, -0.15) is 0 Å². The van der Waals surface area contributed by atoms with Crippen LogP contribution in [0.25, 0.3) is 0 Å². The van der Waals surface area contributed by atoms with Crippen molar-refractivity contribution >= 4 is 23.0 Å². The predicted octanol–water partition coefficient (Wildman–Crippen LogP) is 4.24. The molecule has 0 spiro atoms. The molecular formula is C14H23NO2S. The number of carbonyl (C=O) groups excluding carboxylic acids is 1. The highest BCUT2D eigenvalue weighted by molar-refractivity contribution is 7.12. The molecule has 18 heavy (non-hydrogen) atoms. The van der Waals surface area contributed by atoms with Crippen LogP contribution in [-0.4, -0.2) is 12.6 Å². The summed E-state index contributed by atoms with van der Waals surface area (Å²) in [6.07, 6.45) is 8.53. The van der Waals surface area contributed by atoms with Crippen LogP contribution in [0.4, 0.5) is 5.69 Å². The molecule has 0 saturated heterocycles. The van der Waals surface area contributed by atoms with Crippen LogP contribution in [0.1, 0.15) is 61.5 Å². The number of anilines is 1. The van der Waals surface area contributed by atoms with E-state index < -0.39 is 0 Å². The summed E-state index contributed by atoms with van der Waals surface area (Å²) >= 11 is 1.34. The topological polar surface area (TPSA) is 52.3 Å². The Balaban J connectivity index is 2.01. The Bertz CT molecular complexity index is 349. The first-order valence-corrected chi connectivity index (χ1v) is 7.63. The summed E-state index contributed by atoms with van der Waals surface area (Å²) in [5, 5.41) is 1.81.